The molecule has 0 atom stereocenters. The average molecular weight is 349 g/mol. The molecule has 0 aliphatic heterocycles. The Bertz CT molecular complexity index is 714. The second-order valence-corrected chi connectivity index (χ2v) is 5.28. The molecule has 2 aromatic rings. The molecule has 0 aliphatic rings. The molecule has 0 saturated carbocycles. The molecule has 5 nitrogen and oxygen atoms in total. The summed E-state index contributed by atoms with van der Waals surface area (Å²) in [6.45, 7) is 2.02. The summed E-state index contributed by atoms with van der Waals surface area (Å²) in [6.07, 6.45) is 2.26. The Morgan fingerprint density at radius 1 is 1.38 bits per heavy atom. The van der Waals surface area contributed by atoms with E-state index in [1.165, 1.54) is 12.3 Å². The number of nitrogens with zero attached hydrogens (tertiary/aromatic N) is 2. The highest BCUT2D eigenvalue weighted by Crippen LogP contribution is 2.32. The van der Waals surface area contributed by atoms with E-state index in [0.29, 0.717) is 10.0 Å². The monoisotopic (exact) mass is 348 g/mol. The van der Waals surface area contributed by atoms with Crippen molar-refractivity contribution in [3.8, 4) is 5.75 Å². The number of hydrogen-bond acceptors (Lipinski definition) is 4. The first-order valence-corrected chi connectivity index (χ1v) is 7.11. The van der Waals surface area contributed by atoms with Crippen molar-refractivity contribution in [2.45, 2.75) is 13.3 Å². The third-order valence-electron chi connectivity index (χ3n) is 3.00. The standard InChI is InChI=1S/C15H13BrN2O3/c1-2-10-5-3-4-6-13(10)17-9-11-7-12(16)8-14(15(11)19)18(20)21/h3-9,19H,2H2,1H3/b17-9+. The number of benzene rings is 2. The minimum atomic E-state index is -0.628. The maximum atomic E-state index is 10.9. The van der Waals surface area contributed by atoms with E-state index in [2.05, 4.69) is 20.9 Å². The molecule has 0 radical (unpaired) electrons. The number of rotatable bonds is 4. The highest BCUT2D eigenvalue weighted by atomic mass is 79.9. The van der Waals surface area contributed by atoms with Crippen LogP contribution in [0.1, 0.15) is 18.1 Å². The van der Waals surface area contributed by atoms with Gasteiger partial charge in [-0.15, -0.1) is 0 Å². The molecule has 2 rings (SSSR count). The fraction of sp³-hybridized carbons (Fsp3) is 0.133. The molecule has 0 heterocycles. The Kier molecular flexibility index (Phi) is 4.70. The Hall–Kier alpha value is -2.21. The van der Waals surface area contributed by atoms with Crippen molar-refractivity contribution in [2.75, 3.05) is 0 Å². The number of para-hydroxylation sites is 1. The van der Waals surface area contributed by atoms with Crippen molar-refractivity contribution in [3.05, 3.63) is 62.1 Å². The maximum absolute atomic E-state index is 10.9. The van der Waals surface area contributed by atoms with Gasteiger partial charge in [0.05, 0.1) is 10.6 Å². The highest BCUT2D eigenvalue weighted by molar-refractivity contribution is 9.10. The van der Waals surface area contributed by atoms with Gasteiger partial charge in [0.2, 0.25) is 5.75 Å². The first kappa shape index (κ1) is 15.2. The fourth-order valence-corrected chi connectivity index (χ4v) is 2.38. The van der Waals surface area contributed by atoms with Gasteiger partial charge >= 0.3 is 5.69 Å². The third-order valence-corrected chi connectivity index (χ3v) is 3.45. The molecule has 108 valence electrons. The van der Waals surface area contributed by atoms with Gasteiger partial charge in [0, 0.05) is 22.3 Å². The number of aromatic hydroxyl groups is 1. The molecule has 0 bridgehead atoms. The van der Waals surface area contributed by atoms with E-state index in [0.717, 1.165) is 17.7 Å². The summed E-state index contributed by atoms with van der Waals surface area (Å²) in [7, 11) is 0. The number of hydrogen-bond donors (Lipinski definition) is 1. The molecule has 0 aliphatic carbocycles. The number of aryl methyl sites for hydroxylation is 1. The van der Waals surface area contributed by atoms with Crippen molar-refractivity contribution < 1.29 is 10.0 Å². The lowest BCUT2D eigenvalue weighted by molar-refractivity contribution is -0.385. The molecule has 21 heavy (non-hydrogen) atoms. The minimum Gasteiger partial charge on any atom is -0.502 e. The van der Waals surface area contributed by atoms with Gasteiger partial charge in [-0.05, 0) is 24.1 Å². The lowest BCUT2D eigenvalue weighted by Crippen LogP contribution is -1.93. The van der Waals surface area contributed by atoms with E-state index in [4.69, 9.17) is 0 Å². The van der Waals surface area contributed by atoms with Gasteiger partial charge < -0.3 is 5.11 Å². The van der Waals surface area contributed by atoms with Crippen LogP contribution in [0.25, 0.3) is 0 Å². The summed E-state index contributed by atoms with van der Waals surface area (Å²) in [4.78, 5) is 14.6. The van der Waals surface area contributed by atoms with Crippen LogP contribution in [0.2, 0.25) is 0 Å². The van der Waals surface area contributed by atoms with Crippen LogP contribution in [0.4, 0.5) is 11.4 Å². The number of nitro groups is 1. The summed E-state index contributed by atoms with van der Waals surface area (Å²) < 4.78 is 0.511. The van der Waals surface area contributed by atoms with Gasteiger partial charge in [-0.1, -0.05) is 41.1 Å². The molecular formula is C15H13BrN2O3. The number of phenols is 1. The van der Waals surface area contributed by atoms with Crippen LogP contribution in [0.3, 0.4) is 0 Å². The molecule has 0 fully saturated rings. The zero-order valence-electron chi connectivity index (χ0n) is 11.3. The summed E-state index contributed by atoms with van der Waals surface area (Å²) in [6, 6.07) is 10.5. The van der Waals surface area contributed by atoms with Crippen LogP contribution in [0.5, 0.6) is 5.75 Å². The van der Waals surface area contributed by atoms with E-state index >= 15 is 0 Å². The van der Waals surface area contributed by atoms with E-state index in [1.54, 1.807) is 6.07 Å². The summed E-state index contributed by atoms with van der Waals surface area (Å²) in [5.74, 6) is -0.388. The van der Waals surface area contributed by atoms with Gasteiger partial charge in [-0.3, -0.25) is 15.1 Å². The quantitative estimate of drug-likeness (QED) is 0.506. The second kappa shape index (κ2) is 6.49. The van der Waals surface area contributed by atoms with Gasteiger partial charge in [-0.25, -0.2) is 0 Å². The molecule has 0 amide bonds. The molecule has 0 spiro atoms. The second-order valence-electron chi connectivity index (χ2n) is 4.36. The first-order valence-electron chi connectivity index (χ1n) is 6.31. The van der Waals surface area contributed by atoms with E-state index in [-0.39, 0.29) is 11.4 Å². The maximum Gasteiger partial charge on any atom is 0.312 e. The predicted octanol–water partition coefficient (Wildman–Crippen LogP) is 4.38. The molecule has 0 saturated heterocycles. The van der Waals surface area contributed by atoms with Gasteiger partial charge in [0.25, 0.3) is 0 Å². The minimum absolute atomic E-state index is 0.294. The number of nitro benzene ring substituents is 1. The van der Waals surface area contributed by atoms with Gasteiger partial charge in [-0.2, -0.15) is 0 Å². The zero-order chi connectivity index (χ0) is 15.4. The Labute approximate surface area is 130 Å². The van der Waals surface area contributed by atoms with Crippen LogP contribution < -0.4 is 0 Å². The largest absolute Gasteiger partial charge is 0.502 e. The van der Waals surface area contributed by atoms with Crippen molar-refractivity contribution in [1.82, 2.24) is 0 Å². The van der Waals surface area contributed by atoms with Gasteiger partial charge in [0.15, 0.2) is 0 Å². The molecule has 2 aromatic carbocycles. The molecule has 0 unspecified atom stereocenters. The Morgan fingerprint density at radius 3 is 2.76 bits per heavy atom. The number of aliphatic imine (C=N–C) groups is 1. The lowest BCUT2D eigenvalue weighted by Gasteiger charge is -2.03. The van der Waals surface area contributed by atoms with Gasteiger partial charge in [0.1, 0.15) is 0 Å². The Balaban J connectivity index is 2.44. The predicted molar refractivity (Wildman–Crippen MR) is 85.5 cm³/mol. The van der Waals surface area contributed by atoms with Crippen LogP contribution in [0, 0.1) is 10.1 Å². The average Bonchev–Trinajstić information content (AvgIpc) is 2.47. The lowest BCUT2D eigenvalue weighted by atomic mass is 10.1. The van der Waals surface area contributed by atoms with Crippen molar-refractivity contribution in [2.24, 2.45) is 4.99 Å². The van der Waals surface area contributed by atoms with E-state index in [9.17, 15) is 15.2 Å². The van der Waals surface area contributed by atoms with Crippen molar-refractivity contribution in [1.29, 1.82) is 0 Å². The summed E-state index contributed by atoms with van der Waals surface area (Å²) in [5, 5.41) is 20.8. The van der Waals surface area contributed by atoms with E-state index < -0.39 is 4.92 Å². The topological polar surface area (TPSA) is 75.7 Å². The van der Waals surface area contributed by atoms with Crippen molar-refractivity contribution >= 4 is 33.5 Å². The highest BCUT2D eigenvalue weighted by Gasteiger charge is 2.17. The third kappa shape index (κ3) is 3.46. The summed E-state index contributed by atoms with van der Waals surface area (Å²) >= 11 is 3.19. The number of halogens is 1. The molecule has 6 heteroatoms. The number of phenolic OH excluding ortho intramolecular Hbond substituents is 1. The smallest absolute Gasteiger partial charge is 0.312 e. The first-order chi connectivity index (χ1) is 10.0. The fourth-order valence-electron chi connectivity index (χ4n) is 1.92. The van der Waals surface area contributed by atoms with E-state index in [1.807, 2.05) is 31.2 Å². The molecule has 0 aromatic heterocycles. The summed E-state index contributed by atoms with van der Waals surface area (Å²) in [5.41, 5.74) is 1.79. The zero-order valence-corrected chi connectivity index (χ0v) is 12.9. The van der Waals surface area contributed by atoms with Crippen LogP contribution in [-0.2, 0) is 6.42 Å². The van der Waals surface area contributed by atoms with Crippen LogP contribution >= 0.6 is 15.9 Å². The molecule has 1 N–H and O–H groups in total. The van der Waals surface area contributed by atoms with Crippen molar-refractivity contribution in [3.63, 3.8) is 0 Å². The molecular weight excluding hydrogens is 336 g/mol. The normalized spacial score (nSPS) is 11.0. The van der Waals surface area contributed by atoms with Crippen LogP contribution in [0.15, 0.2) is 45.9 Å². The Morgan fingerprint density at radius 2 is 2.10 bits per heavy atom. The SMILES string of the molecule is CCc1ccccc1/N=C/c1cc(Br)cc([N+](=O)[O-])c1O. The van der Waals surface area contributed by atoms with Crippen LogP contribution in [-0.4, -0.2) is 16.2 Å².